The van der Waals surface area contributed by atoms with E-state index in [2.05, 4.69) is 467 Å². The van der Waals surface area contributed by atoms with Crippen LogP contribution >= 0.6 is 0 Å². The quantitative estimate of drug-likeness (QED) is 0.0790. The van der Waals surface area contributed by atoms with Crippen LogP contribution in [0.25, 0.3) is 177 Å². The molecular weight excluding hydrogens is 1480 g/mol. The minimum atomic E-state index is -2.60. The molecule has 6 heteroatoms. The molecule has 4 heterocycles. The fourth-order valence-electron chi connectivity index (χ4n) is 18.9. The van der Waals surface area contributed by atoms with Crippen molar-refractivity contribution >= 4 is 116 Å². The highest BCUT2D eigenvalue weighted by molar-refractivity contribution is 7.19. The van der Waals surface area contributed by atoms with E-state index < -0.39 is 8.07 Å². The van der Waals surface area contributed by atoms with E-state index in [1.165, 1.54) is 164 Å². The second-order valence-electron chi connectivity index (χ2n) is 31.4. The summed E-state index contributed by atoms with van der Waals surface area (Å²) >= 11 is 0. The lowest BCUT2D eigenvalue weighted by Crippen LogP contribution is -2.74. The van der Waals surface area contributed by atoms with Gasteiger partial charge in [0.15, 0.2) is 8.07 Å². The van der Waals surface area contributed by atoms with Crippen LogP contribution in [0.15, 0.2) is 467 Å². The molecule has 5 nitrogen and oxygen atoms in total. The first-order valence-corrected chi connectivity index (χ1v) is 43.4. The maximum Gasteiger partial charge on any atom is 0.179 e. The van der Waals surface area contributed by atoms with Crippen molar-refractivity contribution < 1.29 is 0 Å². The summed E-state index contributed by atoms with van der Waals surface area (Å²) in [5, 5.41) is 24.6. The van der Waals surface area contributed by atoms with Gasteiger partial charge in [-0.1, -0.05) is 334 Å². The van der Waals surface area contributed by atoms with Crippen molar-refractivity contribution in [2.24, 2.45) is 0 Å². The minimum Gasteiger partial charge on any atom is -0.309 e. The largest absolute Gasteiger partial charge is 0.309 e. The Hall–Kier alpha value is -15.9. The molecule has 0 saturated heterocycles. The lowest BCUT2D eigenvalue weighted by Gasteiger charge is -2.34. The van der Waals surface area contributed by atoms with Crippen LogP contribution < -0.4 is 20.7 Å². The summed E-state index contributed by atoms with van der Waals surface area (Å²) in [6.07, 6.45) is 0. The molecule has 0 aliphatic carbocycles. The van der Waals surface area contributed by atoms with Gasteiger partial charge in [-0.2, -0.15) is 5.26 Å². The average Bonchev–Trinajstić information content (AvgIpc) is 1.72. The van der Waals surface area contributed by atoms with Gasteiger partial charge in [-0.15, -0.1) is 0 Å². The van der Waals surface area contributed by atoms with Crippen molar-refractivity contribution in [3.63, 3.8) is 0 Å². The molecule has 0 spiro atoms. The van der Waals surface area contributed by atoms with Gasteiger partial charge in [0.05, 0.1) is 55.8 Å². The second kappa shape index (κ2) is 30.3. The number of nitriles is 1. The fourth-order valence-corrected chi connectivity index (χ4v) is 23.7. The molecule has 566 valence electrons. The topological polar surface area (TPSA) is 43.5 Å². The second-order valence-corrected chi connectivity index (χ2v) is 35.2. The molecule has 0 aliphatic heterocycles. The molecule has 0 saturated carbocycles. The predicted octanol–water partition coefficient (Wildman–Crippen LogP) is 27.0. The molecule has 0 aliphatic rings. The summed E-state index contributed by atoms with van der Waals surface area (Å²) in [4.78, 5) is 0. The molecule has 121 heavy (non-hydrogen) atoms. The van der Waals surface area contributed by atoms with Crippen LogP contribution in [0.2, 0.25) is 0 Å². The first kappa shape index (κ1) is 71.6. The Morgan fingerprint density at radius 2 is 0.347 bits per heavy atom. The van der Waals surface area contributed by atoms with Gasteiger partial charge in [0.2, 0.25) is 0 Å². The Bertz CT molecular complexity index is 7760. The molecule has 0 N–H and O–H groups in total. The van der Waals surface area contributed by atoms with E-state index in [1.54, 1.807) is 0 Å². The summed E-state index contributed by atoms with van der Waals surface area (Å²) < 4.78 is 9.56. The highest BCUT2D eigenvalue weighted by Gasteiger charge is 2.41. The molecule has 0 fully saturated rings. The number of rotatable bonds is 14. The summed E-state index contributed by atoms with van der Waals surface area (Å²) in [7, 11) is -2.60. The van der Waals surface area contributed by atoms with Crippen LogP contribution in [-0.4, -0.2) is 26.3 Å². The predicted molar refractivity (Wildman–Crippen MR) is 511 cm³/mol. The first-order valence-electron chi connectivity index (χ1n) is 41.4. The van der Waals surface area contributed by atoms with Crippen molar-refractivity contribution in [2.75, 3.05) is 0 Å². The highest BCUT2D eigenvalue weighted by Crippen LogP contribution is 2.43. The lowest BCUT2D eigenvalue weighted by atomic mass is 10.0. The SMILES string of the molecule is N#Cc1ccc(-c2ccc(-n3c4ccccc4c4cc(-c5ccc6c(c5)c5ccccc5n6-c5ccc(-c6ccccc6)cc5)ccc43)cc2)cc1.c1ccc(-c2ccc(-n3c4ccccc4c4cc(-c5ccc6c(c5)c5ccccc5n6-c5ccc(-c6ccc([Si](c7ccccc7)(c7ccccc7)c7ccccc7)cc6)cc5)ccc43)cc2)cc1. The number of para-hydroxylation sites is 4. The Morgan fingerprint density at radius 1 is 0.157 bits per heavy atom. The van der Waals surface area contributed by atoms with Gasteiger partial charge in [-0.25, -0.2) is 0 Å². The van der Waals surface area contributed by atoms with Gasteiger partial charge < -0.3 is 18.3 Å². The van der Waals surface area contributed by atoms with E-state index >= 15 is 0 Å². The van der Waals surface area contributed by atoms with Gasteiger partial charge in [0.1, 0.15) is 0 Å². The molecule has 4 aromatic heterocycles. The van der Waals surface area contributed by atoms with Gasteiger partial charge >= 0.3 is 0 Å². The number of benzene rings is 19. The maximum absolute atomic E-state index is 9.20. The summed E-state index contributed by atoms with van der Waals surface area (Å²) in [6.45, 7) is 0. The van der Waals surface area contributed by atoms with E-state index in [-0.39, 0.29) is 0 Å². The van der Waals surface area contributed by atoms with Gasteiger partial charge in [-0.05, 0) is 221 Å². The van der Waals surface area contributed by atoms with Crippen LogP contribution in [0.1, 0.15) is 5.56 Å². The van der Waals surface area contributed by atoms with Crippen LogP contribution in [0, 0.1) is 11.3 Å². The summed E-state index contributed by atoms with van der Waals surface area (Å²) in [5.74, 6) is 0. The Kier molecular flexibility index (Phi) is 17.9. The molecule has 0 atom stereocenters. The molecule has 23 rings (SSSR count). The number of aromatic nitrogens is 4. The molecule has 19 aromatic carbocycles. The van der Waals surface area contributed by atoms with Crippen LogP contribution in [0.5, 0.6) is 0 Å². The van der Waals surface area contributed by atoms with Gasteiger partial charge in [0.25, 0.3) is 0 Å². The molecule has 0 radical (unpaired) electrons. The van der Waals surface area contributed by atoms with E-state index in [4.69, 9.17) is 0 Å². The number of nitrogens with zero attached hydrogens (tertiary/aromatic N) is 5. The van der Waals surface area contributed by atoms with Crippen LogP contribution in [-0.2, 0) is 0 Å². The van der Waals surface area contributed by atoms with Crippen molar-refractivity contribution in [3.8, 4) is 95.6 Å². The van der Waals surface area contributed by atoms with Gasteiger partial charge in [0, 0.05) is 65.8 Å². The first-order chi connectivity index (χ1) is 59.9. The summed E-state index contributed by atoms with van der Waals surface area (Å²) in [5.41, 5.74) is 29.1. The monoisotopic (exact) mass is 1560 g/mol. The lowest BCUT2D eigenvalue weighted by molar-refractivity contribution is 1.18. The fraction of sp³-hybridized carbons (Fsp3) is 0. The maximum atomic E-state index is 9.20. The molecule has 0 bridgehead atoms. The number of fused-ring (bicyclic) bond motifs is 12. The Morgan fingerprint density at radius 3 is 0.603 bits per heavy atom. The van der Waals surface area contributed by atoms with Crippen molar-refractivity contribution in [2.45, 2.75) is 0 Å². The van der Waals surface area contributed by atoms with E-state index in [0.717, 1.165) is 33.9 Å². The zero-order valence-electron chi connectivity index (χ0n) is 66.2. The van der Waals surface area contributed by atoms with Crippen LogP contribution in [0.4, 0.5) is 0 Å². The average molecular weight is 1560 g/mol. The number of hydrogen-bond acceptors (Lipinski definition) is 1. The highest BCUT2D eigenvalue weighted by atomic mass is 28.3. The smallest absolute Gasteiger partial charge is 0.179 e. The van der Waals surface area contributed by atoms with Crippen LogP contribution in [0.3, 0.4) is 0 Å². The number of hydrogen-bond donors (Lipinski definition) is 0. The Labute approximate surface area is 703 Å². The third kappa shape index (κ3) is 12.5. The molecule has 0 unspecified atom stereocenters. The Balaban J connectivity index is 0.000000151. The van der Waals surface area contributed by atoms with Crippen molar-refractivity contribution in [3.05, 3.63) is 473 Å². The van der Waals surface area contributed by atoms with E-state index in [1.807, 2.05) is 24.3 Å². The normalized spacial score (nSPS) is 11.6. The molecule has 23 aromatic rings. The van der Waals surface area contributed by atoms with Crippen molar-refractivity contribution in [1.29, 1.82) is 5.26 Å². The van der Waals surface area contributed by atoms with E-state index in [0.29, 0.717) is 5.56 Å². The third-order valence-corrected chi connectivity index (χ3v) is 29.5. The summed E-state index contributed by atoms with van der Waals surface area (Å²) in [6, 6.07) is 172. The van der Waals surface area contributed by atoms with Gasteiger partial charge in [-0.3, -0.25) is 0 Å². The molecule has 0 amide bonds. The minimum absolute atomic E-state index is 0.668. The zero-order chi connectivity index (χ0) is 80.3. The third-order valence-electron chi connectivity index (χ3n) is 24.7. The standard InChI is InChI=1S/C66H46N2Si.C49H31N3/c1-5-17-47(18-6-1)48-29-37-53(38-30-48)67-63-27-15-13-25-59(63)61-45-51(35-43-65(61)67)52-36-44-66-62(46-52)60-26-14-16-28-64(60)68(66)54-39-31-49(32-40-54)50-33-41-58(42-34-50)69(55-19-7-2-8-20-55,56-21-9-3-10-22-56)57-23-11-4-12-24-57;50-32-33-14-16-35(17-15-33)37-20-26-41(27-21-37)52-47-13-7-5-11-43(47)45-31-39(23-29-49(45)52)38-22-28-48-44(30-38)42-10-4-6-12-46(42)51(48)40-24-18-36(19-25-40)34-8-2-1-3-9-34/h1-46H;1-31H. The zero-order valence-corrected chi connectivity index (χ0v) is 67.2. The molecular formula is C115H77N5Si. The van der Waals surface area contributed by atoms with Crippen molar-refractivity contribution in [1.82, 2.24) is 18.3 Å². The van der Waals surface area contributed by atoms with E-state index in [9.17, 15) is 5.26 Å².